The number of esters is 1. The molecule has 0 fully saturated rings. The van der Waals surface area contributed by atoms with Gasteiger partial charge in [0.1, 0.15) is 0 Å². The summed E-state index contributed by atoms with van der Waals surface area (Å²) in [5.41, 5.74) is 2.48. The van der Waals surface area contributed by atoms with Crippen LogP contribution in [-0.2, 0) is 9.53 Å². The molecule has 0 aliphatic rings. The average molecular weight is 414 g/mol. The summed E-state index contributed by atoms with van der Waals surface area (Å²) in [5, 5.41) is 0. The summed E-state index contributed by atoms with van der Waals surface area (Å²) in [6.45, 7) is 1.80. The lowest BCUT2D eigenvalue weighted by Crippen LogP contribution is -2.34. The Morgan fingerprint density at radius 1 is 0.871 bits per heavy atom. The van der Waals surface area contributed by atoms with E-state index in [2.05, 4.69) is 12.2 Å². The second kappa shape index (κ2) is 11.5. The molecule has 0 aliphatic heterocycles. The van der Waals surface area contributed by atoms with Crippen molar-refractivity contribution in [2.75, 3.05) is 11.5 Å². The SMILES string of the molecule is CC(=O)OCCC/C=C/C(c1ccccc1)N(C(=O)c1ccccc1)c1ccccc1. The number of hydrogen-bond acceptors (Lipinski definition) is 3. The molecular weight excluding hydrogens is 386 g/mol. The molecule has 3 aromatic carbocycles. The Balaban J connectivity index is 1.93. The Hall–Kier alpha value is -3.66. The third kappa shape index (κ3) is 6.41. The molecular formula is C27H27NO3. The molecule has 1 amide bonds. The van der Waals surface area contributed by atoms with Crippen LogP contribution < -0.4 is 4.90 Å². The third-order valence-corrected chi connectivity index (χ3v) is 4.83. The van der Waals surface area contributed by atoms with Gasteiger partial charge in [0.2, 0.25) is 0 Å². The first-order valence-corrected chi connectivity index (χ1v) is 10.5. The molecule has 4 heteroatoms. The molecule has 31 heavy (non-hydrogen) atoms. The van der Waals surface area contributed by atoms with Gasteiger partial charge in [0.25, 0.3) is 5.91 Å². The van der Waals surface area contributed by atoms with E-state index in [1.54, 1.807) is 0 Å². The molecule has 0 aromatic heterocycles. The van der Waals surface area contributed by atoms with Gasteiger partial charge in [0, 0.05) is 18.2 Å². The fourth-order valence-electron chi connectivity index (χ4n) is 3.35. The van der Waals surface area contributed by atoms with E-state index < -0.39 is 0 Å². The van der Waals surface area contributed by atoms with Gasteiger partial charge in [0.05, 0.1) is 12.6 Å². The second-order valence-corrected chi connectivity index (χ2v) is 7.14. The predicted molar refractivity (Wildman–Crippen MR) is 124 cm³/mol. The van der Waals surface area contributed by atoms with Gasteiger partial charge in [-0.05, 0) is 42.7 Å². The van der Waals surface area contributed by atoms with Crippen LogP contribution in [0.25, 0.3) is 0 Å². The van der Waals surface area contributed by atoms with E-state index in [0.717, 1.165) is 24.1 Å². The molecule has 0 bridgehead atoms. The molecule has 0 radical (unpaired) electrons. The maximum absolute atomic E-state index is 13.6. The molecule has 0 aliphatic carbocycles. The van der Waals surface area contributed by atoms with E-state index in [9.17, 15) is 9.59 Å². The number of anilines is 1. The van der Waals surface area contributed by atoms with Gasteiger partial charge in [0.15, 0.2) is 0 Å². The number of rotatable bonds is 9. The minimum atomic E-state index is -0.273. The zero-order valence-electron chi connectivity index (χ0n) is 17.7. The Kier molecular flexibility index (Phi) is 8.18. The van der Waals surface area contributed by atoms with Gasteiger partial charge < -0.3 is 4.74 Å². The van der Waals surface area contributed by atoms with E-state index in [4.69, 9.17) is 4.74 Å². The molecule has 1 unspecified atom stereocenters. The smallest absolute Gasteiger partial charge is 0.302 e. The van der Waals surface area contributed by atoms with Crippen LogP contribution in [0.5, 0.6) is 0 Å². The van der Waals surface area contributed by atoms with Crippen LogP contribution in [0.15, 0.2) is 103 Å². The van der Waals surface area contributed by atoms with E-state index in [1.807, 2.05) is 95.9 Å². The van der Waals surface area contributed by atoms with Gasteiger partial charge in [-0.1, -0.05) is 78.9 Å². The number of amides is 1. The normalized spacial score (nSPS) is 11.8. The third-order valence-electron chi connectivity index (χ3n) is 4.83. The maximum atomic E-state index is 13.6. The van der Waals surface area contributed by atoms with Crippen molar-refractivity contribution in [1.29, 1.82) is 0 Å². The van der Waals surface area contributed by atoms with E-state index in [1.165, 1.54) is 6.92 Å². The Labute approximate surface area is 183 Å². The number of ether oxygens (including phenoxy) is 1. The number of benzene rings is 3. The zero-order chi connectivity index (χ0) is 21.9. The minimum absolute atomic E-state index is 0.0646. The summed E-state index contributed by atoms with van der Waals surface area (Å²) in [5.74, 6) is -0.333. The quantitative estimate of drug-likeness (QED) is 0.246. The summed E-state index contributed by atoms with van der Waals surface area (Å²) in [6, 6.07) is 28.8. The van der Waals surface area contributed by atoms with Crippen molar-refractivity contribution in [2.24, 2.45) is 0 Å². The highest BCUT2D eigenvalue weighted by Gasteiger charge is 2.25. The number of carbonyl (C=O) groups is 2. The van der Waals surface area contributed by atoms with Gasteiger partial charge in [-0.15, -0.1) is 0 Å². The molecule has 158 valence electrons. The Bertz CT molecular complexity index is 985. The summed E-state index contributed by atoms with van der Waals surface area (Å²) < 4.78 is 5.01. The highest BCUT2D eigenvalue weighted by Crippen LogP contribution is 2.30. The lowest BCUT2D eigenvalue weighted by molar-refractivity contribution is -0.141. The molecule has 1 atom stereocenters. The van der Waals surface area contributed by atoms with Gasteiger partial charge >= 0.3 is 5.97 Å². The van der Waals surface area contributed by atoms with Crippen molar-refractivity contribution in [2.45, 2.75) is 25.8 Å². The first-order valence-electron chi connectivity index (χ1n) is 10.5. The first-order chi connectivity index (χ1) is 15.2. The maximum Gasteiger partial charge on any atom is 0.302 e. The summed E-state index contributed by atoms with van der Waals surface area (Å²) in [6.07, 6.45) is 5.58. The molecule has 3 rings (SSSR count). The molecule has 0 saturated heterocycles. The highest BCUT2D eigenvalue weighted by atomic mass is 16.5. The van der Waals surface area contributed by atoms with Crippen molar-refractivity contribution in [3.63, 3.8) is 0 Å². The number of hydrogen-bond donors (Lipinski definition) is 0. The van der Waals surface area contributed by atoms with Crippen LogP contribution in [-0.4, -0.2) is 18.5 Å². The number of allylic oxidation sites excluding steroid dienone is 1. The monoisotopic (exact) mass is 413 g/mol. The number of carbonyl (C=O) groups excluding carboxylic acids is 2. The Morgan fingerprint density at radius 2 is 1.45 bits per heavy atom. The van der Waals surface area contributed by atoms with E-state index in [-0.39, 0.29) is 17.9 Å². The number of para-hydroxylation sites is 1. The number of unbranched alkanes of at least 4 members (excludes halogenated alkanes) is 1. The van der Waals surface area contributed by atoms with Gasteiger partial charge in [-0.2, -0.15) is 0 Å². The van der Waals surface area contributed by atoms with Crippen LogP contribution in [0.1, 0.15) is 41.7 Å². The van der Waals surface area contributed by atoms with E-state index >= 15 is 0 Å². The highest BCUT2D eigenvalue weighted by molar-refractivity contribution is 6.06. The van der Waals surface area contributed by atoms with Crippen molar-refractivity contribution < 1.29 is 14.3 Å². The fourth-order valence-corrected chi connectivity index (χ4v) is 3.35. The average Bonchev–Trinajstić information content (AvgIpc) is 2.82. The molecule has 3 aromatic rings. The van der Waals surface area contributed by atoms with Crippen molar-refractivity contribution >= 4 is 17.6 Å². The Morgan fingerprint density at radius 3 is 2.06 bits per heavy atom. The molecule has 0 heterocycles. The molecule has 0 spiro atoms. The van der Waals surface area contributed by atoms with Gasteiger partial charge in [-0.25, -0.2) is 0 Å². The van der Waals surface area contributed by atoms with E-state index in [0.29, 0.717) is 12.2 Å². The molecule has 0 saturated carbocycles. The summed E-state index contributed by atoms with van der Waals surface area (Å²) in [7, 11) is 0. The summed E-state index contributed by atoms with van der Waals surface area (Å²) >= 11 is 0. The predicted octanol–water partition coefficient (Wildman–Crippen LogP) is 5.97. The zero-order valence-corrected chi connectivity index (χ0v) is 17.7. The van der Waals surface area contributed by atoms with Crippen LogP contribution in [0.2, 0.25) is 0 Å². The standard InChI is InChI=1S/C27H27NO3/c1-22(29)31-21-13-5-12-20-26(23-14-6-2-7-15-23)28(25-18-10-4-11-19-25)27(30)24-16-8-3-9-17-24/h2-4,6-12,14-20,26H,5,13,21H2,1H3/b20-12+. The van der Waals surface area contributed by atoms with Gasteiger partial charge in [-0.3, -0.25) is 14.5 Å². The lowest BCUT2D eigenvalue weighted by Gasteiger charge is -2.31. The van der Waals surface area contributed by atoms with Crippen LogP contribution >= 0.6 is 0 Å². The van der Waals surface area contributed by atoms with Crippen LogP contribution in [0.3, 0.4) is 0 Å². The first kappa shape index (κ1) is 22.0. The van der Waals surface area contributed by atoms with Crippen molar-refractivity contribution in [3.8, 4) is 0 Å². The fraction of sp³-hybridized carbons (Fsp3) is 0.185. The van der Waals surface area contributed by atoms with Crippen molar-refractivity contribution in [1.82, 2.24) is 0 Å². The van der Waals surface area contributed by atoms with Crippen LogP contribution in [0, 0.1) is 0 Å². The van der Waals surface area contributed by atoms with Crippen LogP contribution in [0.4, 0.5) is 5.69 Å². The number of nitrogens with zero attached hydrogens (tertiary/aromatic N) is 1. The molecule has 0 N–H and O–H groups in total. The second-order valence-electron chi connectivity index (χ2n) is 7.14. The largest absolute Gasteiger partial charge is 0.466 e. The minimum Gasteiger partial charge on any atom is -0.466 e. The summed E-state index contributed by atoms with van der Waals surface area (Å²) in [4.78, 5) is 26.4. The topological polar surface area (TPSA) is 46.6 Å². The molecule has 4 nitrogen and oxygen atoms in total. The lowest BCUT2D eigenvalue weighted by atomic mass is 10.0. The van der Waals surface area contributed by atoms with Crippen molar-refractivity contribution in [3.05, 3.63) is 114 Å².